The highest BCUT2D eigenvalue weighted by atomic mass is 19.1. The second kappa shape index (κ2) is 7.40. The molecule has 0 aromatic heterocycles. The summed E-state index contributed by atoms with van der Waals surface area (Å²) in [5, 5.41) is 3.82. The van der Waals surface area contributed by atoms with Crippen LogP contribution in [-0.2, 0) is 16.1 Å². The first kappa shape index (κ1) is 20.1. The molecule has 6 nitrogen and oxygen atoms in total. The fourth-order valence-corrected chi connectivity index (χ4v) is 4.56. The van der Waals surface area contributed by atoms with E-state index >= 15 is 0 Å². The summed E-state index contributed by atoms with van der Waals surface area (Å²) in [6, 6.07) is 11.5. The number of hydrogen-bond donors (Lipinski definition) is 1. The summed E-state index contributed by atoms with van der Waals surface area (Å²) in [5.74, 6) is -2.18. The molecule has 3 amide bonds. The zero-order chi connectivity index (χ0) is 22.6. The van der Waals surface area contributed by atoms with E-state index in [2.05, 4.69) is 5.32 Å². The molecule has 2 aliphatic rings. The Balaban J connectivity index is 1.55. The van der Waals surface area contributed by atoms with Crippen molar-refractivity contribution in [2.45, 2.75) is 25.4 Å². The van der Waals surface area contributed by atoms with Crippen LogP contribution in [0.5, 0.6) is 0 Å². The van der Waals surface area contributed by atoms with Crippen molar-refractivity contribution in [2.75, 3.05) is 16.8 Å². The van der Waals surface area contributed by atoms with Crippen LogP contribution in [0, 0.1) is 11.6 Å². The van der Waals surface area contributed by atoms with Gasteiger partial charge in [0, 0.05) is 37.0 Å². The Labute approximate surface area is 182 Å². The standard InChI is InChI=1S/C24H19F2N3O3/c1-28(20-11-14(25)6-8-17(20)26)12-13-5-7-16-22-15(13)3-2-4-18(22)29(24(16)32)19-9-10-21(30)27-23(19)31/h2-8,11,19H,9-10,12H2,1H3,(H,27,30,31). The van der Waals surface area contributed by atoms with Gasteiger partial charge in [0.2, 0.25) is 11.8 Å². The minimum Gasteiger partial charge on any atom is -0.368 e. The number of piperidine rings is 1. The van der Waals surface area contributed by atoms with Crippen molar-refractivity contribution in [1.82, 2.24) is 5.32 Å². The SMILES string of the molecule is CN(Cc1ccc2c3c(cccc13)N(C1CCC(=O)NC1=O)C2=O)c1cc(F)ccc1F. The van der Waals surface area contributed by atoms with Crippen molar-refractivity contribution >= 4 is 39.9 Å². The van der Waals surface area contributed by atoms with Crippen LogP contribution in [0.2, 0.25) is 0 Å². The van der Waals surface area contributed by atoms with E-state index in [1.807, 2.05) is 6.07 Å². The Kier molecular flexibility index (Phi) is 4.65. The fourth-order valence-electron chi connectivity index (χ4n) is 4.56. The van der Waals surface area contributed by atoms with Crippen molar-refractivity contribution < 1.29 is 23.2 Å². The largest absolute Gasteiger partial charge is 0.368 e. The second-order valence-electron chi connectivity index (χ2n) is 8.07. The fraction of sp³-hybridized carbons (Fsp3) is 0.208. The van der Waals surface area contributed by atoms with Crippen LogP contribution in [0.4, 0.5) is 20.2 Å². The van der Waals surface area contributed by atoms with Gasteiger partial charge in [-0.3, -0.25) is 24.6 Å². The molecule has 0 radical (unpaired) electrons. The number of anilines is 2. The van der Waals surface area contributed by atoms with Crippen molar-refractivity contribution in [1.29, 1.82) is 0 Å². The number of amides is 3. The number of nitrogens with one attached hydrogen (secondary N) is 1. The number of carbonyl (C=O) groups is 3. The van der Waals surface area contributed by atoms with Gasteiger partial charge in [0.1, 0.15) is 17.7 Å². The maximum Gasteiger partial charge on any atom is 0.259 e. The van der Waals surface area contributed by atoms with Crippen molar-refractivity contribution in [2.24, 2.45) is 0 Å². The lowest BCUT2D eigenvalue weighted by atomic mass is 9.99. The van der Waals surface area contributed by atoms with Crippen molar-refractivity contribution in [3.05, 3.63) is 71.3 Å². The van der Waals surface area contributed by atoms with Crippen LogP contribution >= 0.6 is 0 Å². The number of imide groups is 1. The second-order valence-corrected chi connectivity index (χ2v) is 8.07. The van der Waals surface area contributed by atoms with Crippen LogP contribution in [0.3, 0.4) is 0 Å². The summed E-state index contributed by atoms with van der Waals surface area (Å²) in [4.78, 5) is 40.2. The minimum atomic E-state index is -0.759. The molecular formula is C24H19F2N3O3. The highest BCUT2D eigenvalue weighted by molar-refractivity contribution is 6.27. The summed E-state index contributed by atoms with van der Waals surface area (Å²) in [6.07, 6.45) is 0.428. The van der Waals surface area contributed by atoms with Gasteiger partial charge in [0.15, 0.2) is 0 Å². The molecule has 1 unspecified atom stereocenters. The first-order valence-electron chi connectivity index (χ1n) is 10.2. The summed E-state index contributed by atoms with van der Waals surface area (Å²) in [6.45, 7) is 0.285. The highest BCUT2D eigenvalue weighted by Gasteiger charge is 2.40. The predicted octanol–water partition coefficient (Wildman–Crippen LogP) is 3.52. The van der Waals surface area contributed by atoms with Gasteiger partial charge in [0.25, 0.3) is 5.91 Å². The first-order valence-corrected chi connectivity index (χ1v) is 10.2. The van der Waals surface area contributed by atoms with Crippen LogP contribution in [0.25, 0.3) is 10.8 Å². The third kappa shape index (κ3) is 3.10. The maximum atomic E-state index is 14.2. The van der Waals surface area contributed by atoms with E-state index in [0.29, 0.717) is 16.6 Å². The number of benzene rings is 3. The maximum absolute atomic E-state index is 14.2. The molecule has 8 heteroatoms. The number of halogens is 2. The monoisotopic (exact) mass is 435 g/mol. The average Bonchev–Trinajstić information content (AvgIpc) is 3.05. The molecule has 2 heterocycles. The van der Waals surface area contributed by atoms with Gasteiger partial charge >= 0.3 is 0 Å². The van der Waals surface area contributed by atoms with Crippen molar-refractivity contribution in [3.8, 4) is 0 Å². The third-order valence-corrected chi connectivity index (χ3v) is 6.07. The summed E-state index contributed by atoms with van der Waals surface area (Å²) in [5.41, 5.74) is 2.05. The number of hydrogen-bond acceptors (Lipinski definition) is 4. The molecule has 0 saturated carbocycles. The quantitative estimate of drug-likeness (QED) is 0.637. The number of nitrogens with zero attached hydrogens (tertiary/aromatic N) is 2. The molecule has 1 atom stereocenters. The molecule has 3 aromatic carbocycles. The lowest BCUT2D eigenvalue weighted by molar-refractivity contribution is -0.134. The molecule has 162 valence electrons. The molecular weight excluding hydrogens is 416 g/mol. The average molecular weight is 435 g/mol. The van der Waals surface area contributed by atoms with E-state index in [1.165, 1.54) is 4.90 Å². The van der Waals surface area contributed by atoms with E-state index < -0.39 is 23.6 Å². The summed E-state index contributed by atoms with van der Waals surface area (Å²) >= 11 is 0. The molecule has 5 rings (SSSR count). The van der Waals surface area contributed by atoms with Gasteiger partial charge in [-0.25, -0.2) is 8.78 Å². The normalized spacial score (nSPS) is 17.8. The van der Waals surface area contributed by atoms with Gasteiger partial charge in [-0.05, 0) is 41.6 Å². The van der Waals surface area contributed by atoms with Gasteiger partial charge in [0.05, 0.1) is 11.4 Å². The van der Waals surface area contributed by atoms with Crippen molar-refractivity contribution in [3.63, 3.8) is 0 Å². The molecule has 0 spiro atoms. The lowest BCUT2D eigenvalue weighted by Gasteiger charge is -2.30. The first-order chi connectivity index (χ1) is 15.3. The summed E-state index contributed by atoms with van der Waals surface area (Å²) < 4.78 is 27.9. The van der Waals surface area contributed by atoms with E-state index in [9.17, 15) is 23.2 Å². The van der Waals surface area contributed by atoms with Gasteiger partial charge in [-0.1, -0.05) is 18.2 Å². The Morgan fingerprint density at radius 1 is 1.09 bits per heavy atom. The number of rotatable bonds is 4. The van der Waals surface area contributed by atoms with E-state index in [-0.39, 0.29) is 36.9 Å². The Hall–Kier alpha value is -3.81. The smallest absolute Gasteiger partial charge is 0.259 e. The lowest BCUT2D eigenvalue weighted by Crippen LogP contribution is -2.53. The van der Waals surface area contributed by atoms with Gasteiger partial charge in [-0.15, -0.1) is 0 Å². The van der Waals surface area contributed by atoms with Gasteiger partial charge < -0.3 is 4.90 Å². The zero-order valence-electron chi connectivity index (χ0n) is 17.2. The van der Waals surface area contributed by atoms with Crippen LogP contribution < -0.4 is 15.1 Å². The Bertz CT molecular complexity index is 1310. The molecule has 0 bridgehead atoms. The molecule has 1 fully saturated rings. The molecule has 3 aromatic rings. The Morgan fingerprint density at radius 3 is 2.69 bits per heavy atom. The zero-order valence-corrected chi connectivity index (χ0v) is 17.2. The van der Waals surface area contributed by atoms with Crippen LogP contribution in [-0.4, -0.2) is 30.8 Å². The highest BCUT2D eigenvalue weighted by Crippen LogP contribution is 2.41. The third-order valence-electron chi connectivity index (χ3n) is 6.07. The molecule has 32 heavy (non-hydrogen) atoms. The van der Waals surface area contributed by atoms with E-state index in [4.69, 9.17) is 0 Å². The summed E-state index contributed by atoms with van der Waals surface area (Å²) in [7, 11) is 1.67. The van der Waals surface area contributed by atoms with E-state index in [1.54, 1.807) is 36.2 Å². The van der Waals surface area contributed by atoms with E-state index in [0.717, 1.165) is 29.1 Å². The molecule has 0 aliphatic carbocycles. The predicted molar refractivity (Wildman–Crippen MR) is 115 cm³/mol. The molecule has 1 N–H and O–H groups in total. The minimum absolute atomic E-state index is 0.134. The van der Waals surface area contributed by atoms with Gasteiger partial charge in [-0.2, -0.15) is 0 Å². The Morgan fingerprint density at radius 2 is 1.91 bits per heavy atom. The molecule has 1 saturated heterocycles. The van der Waals surface area contributed by atoms with Crippen LogP contribution in [0.15, 0.2) is 48.5 Å². The topological polar surface area (TPSA) is 69.7 Å². The number of carbonyl (C=O) groups excluding carboxylic acids is 3. The molecule has 2 aliphatic heterocycles. The van der Waals surface area contributed by atoms with Crippen LogP contribution in [0.1, 0.15) is 28.8 Å².